The summed E-state index contributed by atoms with van der Waals surface area (Å²) in [6.45, 7) is 40.7. The Morgan fingerprint density at radius 1 is 0.320 bits per heavy atom. The van der Waals surface area contributed by atoms with Crippen molar-refractivity contribution in [2.75, 3.05) is 0 Å². The van der Waals surface area contributed by atoms with Gasteiger partial charge in [-0.25, -0.2) is 0 Å². The van der Waals surface area contributed by atoms with Crippen LogP contribution in [0.2, 0.25) is 0 Å². The first-order chi connectivity index (χ1) is 10.4. The van der Waals surface area contributed by atoms with Crippen LogP contribution in [0.1, 0.15) is 125 Å². The van der Waals surface area contributed by atoms with Gasteiger partial charge in [0.2, 0.25) is 0 Å². The van der Waals surface area contributed by atoms with Gasteiger partial charge in [-0.3, -0.25) is 0 Å². The van der Waals surface area contributed by atoms with E-state index >= 15 is 0 Å². The van der Waals surface area contributed by atoms with Crippen molar-refractivity contribution in [2.45, 2.75) is 125 Å². The van der Waals surface area contributed by atoms with E-state index in [4.69, 9.17) is 0 Å². The highest BCUT2D eigenvalue weighted by Crippen LogP contribution is 2.50. The maximum Gasteiger partial charge on any atom is -0.0257 e. The molecule has 0 aliphatic heterocycles. The Hall–Kier alpha value is -0.260. The SMILES string of the molecule is CC(C)(C)C(C)(C)C.CC(C)(C)C(C)(C)C(C)(C)C.CC(C)=C(C)C. The first-order valence-corrected chi connectivity index (χ1v) is 10.0. The molecule has 0 N–H and O–H groups in total. The summed E-state index contributed by atoms with van der Waals surface area (Å²) in [7, 11) is 0. The quantitative estimate of drug-likeness (QED) is 0.380. The molecule has 0 amide bonds. The smallest absolute Gasteiger partial charge is 0.0257 e. The molecule has 0 aliphatic rings. The first-order valence-electron chi connectivity index (χ1n) is 10.0. The van der Waals surface area contributed by atoms with Crippen molar-refractivity contribution in [1.29, 1.82) is 0 Å². The Balaban J connectivity index is -0.000000306. The standard InChI is InChI=1S/C11H24.C8H18.C6H12/c1-9(2,3)11(7,8)10(4,5)6;1-7(2,3)8(4,5)6;1-5(2)6(3)4/h1-8H3;1-6H3;1-4H3. The Morgan fingerprint density at radius 2 is 0.480 bits per heavy atom. The van der Waals surface area contributed by atoms with Crippen LogP contribution in [0.5, 0.6) is 0 Å². The van der Waals surface area contributed by atoms with Gasteiger partial charge in [0, 0.05) is 0 Å². The van der Waals surface area contributed by atoms with Crippen LogP contribution in [0, 0.1) is 27.1 Å². The molecule has 0 aliphatic carbocycles. The lowest BCUT2D eigenvalue weighted by Gasteiger charge is -2.49. The van der Waals surface area contributed by atoms with Gasteiger partial charge in [-0.05, 0) is 54.8 Å². The van der Waals surface area contributed by atoms with Gasteiger partial charge in [0.25, 0.3) is 0 Å². The summed E-state index contributed by atoms with van der Waals surface area (Å²) in [5, 5.41) is 0. The summed E-state index contributed by atoms with van der Waals surface area (Å²) in [4.78, 5) is 0. The molecule has 0 aromatic rings. The molecule has 0 unspecified atom stereocenters. The third-order valence-corrected chi connectivity index (χ3v) is 7.00. The number of hydrogen-bond acceptors (Lipinski definition) is 0. The predicted octanol–water partition coefficient (Wildman–Crippen LogP) is 9.55. The van der Waals surface area contributed by atoms with E-state index < -0.39 is 0 Å². The average molecular weight is 355 g/mol. The van der Waals surface area contributed by atoms with Crippen molar-refractivity contribution < 1.29 is 0 Å². The molecule has 0 heteroatoms. The van der Waals surface area contributed by atoms with Crippen LogP contribution >= 0.6 is 0 Å². The molecule has 0 aromatic carbocycles. The van der Waals surface area contributed by atoms with E-state index in [0.717, 1.165) is 0 Å². The second kappa shape index (κ2) is 9.61. The summed E-state index contributed by atoms with van der Waals surface area (Å²) < 4.78 is 0. The summed E-state index contributed by atoms with van der Waals surface area (Å²) in [5.41, 5.74) is 4.86. The summed E-state index contributed by atoms with van der Waals surface area (Å²) in [6, 6.07) is 0. The van der Waals surface area contributed by atoms with Crippen LogP contribution in [0.3, 0.4) is 0 Å². The van der Waals surface area contributed by atoms with E-state index in [-0.39, 0.29) is 0 Å². The lowest BCUT2D eigenvalue weighted by atomic mass is 9.56. The zero-order chi connectivity index (χ0) is 21.7. The van der Waals surface area contributed by atoms with Crippen molar-refractivity contribution in [3.05, 3.63) is 11.1 Å². The third-order valence-electron chi connectivity index (χ3n) is 7.00. The average Bonchev–Trinajstić information content (AvgIpc) is 2.24. The molecular formula is C25H54. The molecule has 0 rings (SSSR count). The molecule has 0 saturated carbocycles. The summed E-state index contributed by atoms with van der Waals surface area (Å²) in [6.07, 6.45) is 0. The van der Waals surface area contributed by atoms with Crippen LogP contribution in [0.4, 0.5) is 0 Å². The molecule has 25 heavy (non-hydrogen) atoms. The van der Waals surface area contributed by atoms with E-state index in [0.29, 0.717) is 27.1 Å². The Morgan fingerprint density at radius 3 is 0.480 bits per heavy atom. The van der Waals surface area contributed by atoms with Gasteiger partial charge in [-0.15, -0.1) is 0 Å². The van der Waals surface area contributed by atoms with Crippen molar-refractivity contribution in [2.24, 2.45) is 27.1 Å². The highest BCUT2D eigenvalue weighted by Gasteiger charge is 2.42. The Kier molecular flexibility index (Phi) is 11.3. The second-order valence-corrected chi connectivity index (χ2v) is 12.6. The highest BCUT2D eigenvalue weighted by molar-refractivity contribution is 5.02. The predicted molar refractivity (Wildman–Crippen MR) is 121 cm³/mol. The minimum Gasteiger partial charge on any atom is -0.0778 e. The maximum atomic E-state index is 2.35. The third kappa shape index (κ3) is 11.9. The molecule has 0 nitrogen and oxygen atoms in total. The highest BCUT2D eigenvalue weighted by atomic mass is 14.5. The monoisotopic (exact) mass is 354 g/mol. The summed E-state index contributed by atoms with van der Waals surface area (Å²) >= 11 is 0. The maximum absolute atomic E-state index is 2.35. The topological polar surface area (TPSA) is 0 Å². The molecule has 0 radical (unpaired) electrons. The molecular weight excluding hydrogens is 300 g/mol. The molecule has 0 aromatic heterocycles. The zero-order valence-electron chi connectivity index (χ0n) is 21.5. The fourth-order valence-electron chi connectivity index (χ4n) is 1.12. The van der Waals surface area contributed by atoms with Crippen molar-refractivity contribution in [3.8, 4) is 0 Å². The van der Waals surface area contributed by atoms with Gasteiger partial charge in [0.15, 0.2) is 0 Å². The molecule has 0 heterocycles. The fraction of sp³-hybridized carbons (Fsp3) is 0.920. The van der Waals surface area contributed by atoms with Crippen LogP contribution in [-0.2, 0) is 0 Å². The molecule has 0 bridgehead atoms. The minimum absolute atomic E-state index is 0.375. The second-order valence-electron chi connectivity index (χ2n) is 12.6. The number of hydrogen-bond donors (Lipinski definition) is 0. The molecule has 154 valence electrons. The Labute approximate surface area is 163 Å². The molecule has 0 fully saturated rings. The van der Waals surface area contributed by atoms with Crippen molar-refractivity contribution in [3.63, 3.8) is 0 Å². The van der Waals surface area contributed by atoms with Gasteiger partial charge in [0.05, 0.1) is 0 Å². The fourth-order valence-corrected chi connectivity index (χ4v) is 1.12. The number of allylic oxidation sites excluding steroid dienone is 2. The van der Waals surface area contributed by atoms with E-state index in [1.54, 1.807) is 0 Å². The molecule has 0 atom stereocenters. The zero-order valence-corrected chi connectivity index (χ0v) is 21.5. The Bertz CT molecular complexity index is 343. The lowest BCUT2D eigenvalue weighted by Crippen LogP contribution is -2.41. The van der Waals surface area contributed by atoms with E-state index in [1.165, 1.54) is 11.1 Å². The lowest BCUT2D eigenvalue weighted by molar-refractivity contribution is 0.00575. The van der Waals surface area contributed by atoms with Gasteiger partial charge in [-0.1, -0.05) is 108 Å². The molecule has 0 saturated heterocycles. The first kappa shape index (κ1) is 29.5. The molecule has 0 spiro atoms. The van der Waals surface area contributed by atoms with Gasteiger partial charge in [-0.2, -0.15) is 0 Å². The van der Waals surface area contributed by atoms with E-state index in [9.17, 15) is 0 Å². The van der Waals surface area contributed by atoms with E-state index in [2.05, 4.69) is 125 Å². The number of rotatable bonds is 0. The van der Waals surface area contributed by atoms with Crippen molar-refractivity contribution in [1.82, 2.24) is 0 Å². The van der Waals surface area contributed by atoms with Gasteiger partial charge >= 0.3 is 0 Å². The van der Waals surface area contributed by atoms with Gasteiger partial charge in [0.1, 0.15) is 0 Å². The van der Waals surface area contributed by atoms with Crippen LogP contribution in [0.25, 0.3) is 0 Å². The summed E-state index contributed by atoms with van der Waals surface area (Å²) in [5.74, 6) is 0. The van der Waals surface area contributed by atoms with Crippen LogP contribution < -0.4 is 0 Å². The van der Waals surface area contributed by atoms with Crippen LogP contribution in [-0.4, -0.2) is 0 Å². The normalized spacial score (nSPS) is 13.2. The van der Waals surface area contributed by atoms with E-state index in [1.807, 2.05) is 0 Å². The van der Waals surface area contributed by atoms with Crippen LogP contribution in [0.15, 0.2) is 11.1 Å². The van der Waals surface area contributed by atoms with Gasteiger partial charge < -0.3 is 0 Å². The minimum atomic E-state index is 0.375. The van der Waals surface area contributed by atoms with Crippen molar-refractivity contribution >= 4 is 0 Å². The largest absolute Gasteiger partial charge is 0.0778 e.